The predicted octanol–water partition coefficient (Wildman–Crippen LogP) is 6.24. The number of piperidine rings is 2. The maximum Gasteiger partial charge on any atom is 0.306 e. The summed E-state index contributed by atoms with van der Waals surface area (Å²) in [5.74, 6) is -1.93. The number of nitrogens with one attached hydrogen (secondary N) is 2. The van der Waals surface area contributed by atoms with Crippen molar-refractivity contribution in [2.75, 3.05) is 19.6 Å². The zero-order chi connectivity index (χ0) is 50.7. The highest BCUT2D eigenvalue weighted by molar-refractivity contribution is 9.10. The van der Waals surface area contributed by atoms with E-state index in [0.717, 1.165) is 27.8 Å². The van der Waals surface area contributed by atoms with Crippen LogP contribution < -0.4 is 22.1 Å². The average molecular weight is 1020 g/mol. The monoisotopic (exact) mass is 1020 g/mol. The van der Waals surface area contributed by atoms with Gasteiger partial charge in [0.1, 0.15) is 12.6 Å². The lowest BCUT2D eigenvalue weighted by Gasteiger charge is -2.29. The van der Waals surface area contributed by atoms with Gasteiger partial charge < -0.3 is 31.3 Å². The second-order valence-corrected chi connectivity index (χ2v) is 17.6. The highest BCUT2D eigenvalue weighted by atomic mass is 79.9. The second kappa shape index (κ2) is 30.6. The van der Waals surface area contributed by atoms with Crippen LogP contribution in [0.25, 0.3) is 0 Å². The number of hydrogen-bond acceptors (Lipinski definition) is 11. The molecule has 0 radical (unpaired) electrons. The molecule has 8 N–H and O–H groups in total. The van der Waals surface area contributed by atoms with E-state index in [2.05, 4.69) is 26.6 Å². The first-order valence-electron chi connectivity index (χ1n) is 23.0. The zero-order valence-corrected chi connectivity index (χ0v) is 40.5. The van der Waals surface area contributed by atoms with Gasteiger partial charge in [-0.15, -0.1) is 0 Å². The van der Waals surface area contributed by atoms with E-state index in [1.807, 2.05) is 152 Å². The standard InChI is InChI=1S/C17H19NO2.C15H16N2O3.C10H13NO2.C7H8O.C5H6BrNO2/c18-12-16(15-9-5-2-6-10-15)11-17(19)20-13-14-7-3-1-4-8-14;18-13-7-6-12(15(20)16-13)17-9-11(8-14(17)19)10-4-2-1-3-5-10;11-7-9(6-10(12)13)8-4-2-1-3-5-8;8-6-7-4-2-1-3-5-7;6-3-1-2-4(8)7-5(3)9/h1-10,16H,11-13,18H2;1-5,11-12H,6-9H2,(H,16,18,20);1-5,9H,6-7,11H2,(H,12,13);1-5,8H,6H2;3H,1-2H2,(H,7,8,9). The lowest BCUT2D eigenvalue weighted by atomic mass is 9.96. The maximum absolute atomic E-state index is 12.1. The first-order valence-corrected chi connectivity index (χ1v) is 23.9. The normalized spacial score (nSPS) is 18.0. The number of benzene rings is 5. The second-order valence-electron chi connectivity index (χ2n) is 16.5. The van der Waals surface area contributed by atoms with Gasteiger partial charge in [0.25, 0.3) is 0 Å². The number of carbonyl (C=O) groups is 7. The molecule has 3 fully saturated rings. The summed E-state index contributed by atoms with van der Waals surface area (Å²) < 4.78 is 5.29. The van der Waals surface area contributed by atoms with Crippen molar-refractivity contribution in [3.8, 4) is 0 Å². The molecular weight excluding hydrogens is 959 g/mol. The van der Waals surface area contributed by atoms with Crippen LogP contribution in [-0.2, 0) is 51.5 Å². The molecular formula is C54H62BrN5O10. The fourth-order valence-corrected chi connectivity index (χ4v) is 7.89. The van der Waals surface area contributed by atoms with Crippen molar-refractivity contribution < 1.29 is 48.5 Å². The zero-order valence-electron chi connectivity index (χ0n) is 38.9. The molecule has 8 rings (SSSR count). The third kappa shape index (κ3) is 19.6. The van der Waals surface area contributed by atoms with E-state index in [4.69, 9.17) is 26.4 Å². The Morgan fingerprint density at radius 3 is 1.54 bits per heavy atom. The topological polar surface area (TPSA) is 249 Å². The summed E-state index contributed by atoms with van der Waals surface area (Å²) in [5, 5.41) is 21.7. The Morgan fingerprint density at radius 2 is 1.10 bits per heavy atom. The summed E-state index contributed by atoms with van der Waals surface area (Å²) >= 11 is 3.12. The van der Waals surface area contributed by atoms with Crippen molar-refractivity contribution >= 4 is 57.4 Å². The molecule has 5 aromatic carbocycles. The number of rotatable bonds is 13. The molecule has 16 heteroatoms. The lowest BCUT2D eigenvalue weighted by molar-refractivity contribution is -0.145. The van der Waals surface area contributed by atoms with Gasteiger partial charge in [0, 0.05) is 43.6 Å². The molecule has 5 atom stereocenters. The first-order chi connectivity index (χ1) is 33.8. The van der Waals surface area contributed by atoms with Gasteiger partial charge in [-0.3, -0.25) is 44.2 Å². The number of aliphatic hydroxyl groups excluding tert-OH is 1. The summed E-state index contributed by atoms with van der Waals surface area (Å²) in [6, 6.07) is 47.9. The summed E-state index contributed by atoms with van der Waals surface area (Å²) in [5.41, 5.74) is 16.4. The molecule has 3 aliphatic heterocycles. The van der Waals surface area contributed by atoms with Crippen molar-refractivity contribution in [3.63, 3.8) is 0 Å². The maximum atomic E-state index is 12.1. The van der Waals surface area contributed by atoms with Crippen molar-refractivity contribution in [1.82, 2.24) is 15.5 Å². The highest BCUT2D eigenvalue weighted by Gasteiger charge is 2.40. The minimum Gasteiger partial charge on any atom is -0.481 e. The van der Waals surface area contributed by atoms with Crippen LogP contribution in [0.5, 0.6) is 0 Å². The number of nitrogens with zero attached hydrogens (tertiary/aromatic N) is 1. The number of nitrogens with two attached hydrogens (primary N) is 2. The Kier molecular flexibility index (Phi) is 24.4. The van der Waals surface area contributed by atoms with Crippen LogP contribution >= 0.6 is 15.9 Å². The number of carboxylic acid groups (broad SMARTS) is 1. The van der Waals surface area contributed by atoms with Crippen LogP contribution in [0.15, 0.2) is 152 Å². The molecule has 3 saturated heterocycles. The number of carbonyl (C=O) groups excluding carboxylic acids is 6. The fourth-order valence-electron chi connectivity index (χ4n) is 7.55. The molecule has 0 spiro atoms. The Bertz CT molecular complexity index is 2400. The molecule has 0 saturated carbocycles. The number of likely N-dealkylation sites (tertiary alicyclic amines) is 1. The summed E-state index contributed by atoms with van der Waals surface area (Å²) in [7, 11) is 0. The number of esters is 1. The molecule has 5 aromatic rings. The van der Waals surface area contributed by atoms with Gasteiger partial charge >= 0.3 is 11.9 Å². The van der Waals surface area contributed by atoms with Gasteiger partial charge in [-0.05, 0) is 53.7 Å². The average Bonchev–Trinajstić information content (AvgIpc) is 3.78. The molecule has 0 aromatic heterocycles. The van der Waals surface area contributed by atoms with E-state index in [1.165, 1.54) is 0 Å². The number of alkyl halides is 1. The van der Waals surface area contributed by atoms with Crippen molar-refractivity contribution in [2.24, 2.45) is 11.5 Å². The molecule has 5 unspecified atom stereocenters. The molecule has 3 heterocycles. The summed E-state index contributed by atoms with van der Waals surface area (Å²) in [6.07, 6.45) is 2.63. The van der Waals surface area contributed by atoms with Gasteiger partial charge in [-0.2, -0.15) is 0 Å². The number of imide groups is 2. The van der Waals surface area contributed by atoms with Gasteiger partial charge in [0.2, 0.25) is 29.5 Å². The largest absolute Gasteiger partial charge is 0.481 e. The fraction of sp³-hybridized carbons (Fsp3) is 0.315. The predicted molar refractivity (Wildman–Crippen MR) is 269 cm³/mol. The number of aliphatic hydroxyl groups is 1. The molecule has 3 aliphatic rings. The minimum absolute atomic E-state index is 0.00616. The van der Waals surface area contributed by atoms with E-state index in [9.17, 15) is 33.6 Å². The molecule has 15 nitrogen and oxygen atoms in total. The third-order valence-electron chi connectivity index (χ3n) is 11.4. The van der Waals surface area contributed by atoms with Crippen LogP contribution in [0, 0.1) is 0 Å². The Balaban J connectivity index is 0.000000199. The number of hydrogen-bond donors (Lipinski definition) is 6. The van der Waals surface area contributed by atoms with Gasteiger partial charge in [0.05, 0.1) is 24.3 Å². The SMILES string of the molecule is NCC(CC(=O)O)c1ccccc1.NCC(CC(=O)OCc1ccccc1)c1ccccc1.O=C1CCC(Br)C(=O)N1.O=C1CCC(N2CC(c3ccccc3)CC2=O)C(=O)N1.OCc1ccccc1. The number of halogens is 1. The Hall–Kier alpha value is -6.85. The van der Waals surface area contributed by atoms with E-state index in [-0.39, 0.29) is 71.1 Å². The van der Waals surface area contributed by atoms with E-state index >= 15 is 0 Å². The van der Waals surface area contributed by atoms with E-state index in [1.54, 1.807) is 4.90 Å². The summed E-state index contributed by atoms with van der Waals surface area (Å²) in [6.45, 7) is 1.81. The molecule has 5 amide bonds. The number of carboxylic acids is 1. The highest BCUT2D eigenvalue weighted by Crippen LogP contribution is 2.31. The number of amides is 5. The smallest absolute Gasteiger partial charge is 0.306 e. The Morgan fingerprint density at radius 1 is 0.643 bits per heavy atom. The number of aliphatic carboxylic acids is 1. The van der Waals surface area contributed by atoms with Crippen molar-refractivity contribution in [3.05, 3.63) is 179 Å². The molecule has 0 aliphatic carbocycles. The molecule has 70 heavy (non-hydrogen) atoms. The quantitative estimate of drug-likeness (QED) is 0.0436. The first kappa shape index (κ1) is 55.7. The van der Waals surface area contributed by atoms with E-state index < -0.39 is 12.0 Å². The van der Waals surface area contributed by atoms with Crippen molar-refractivity contribution in [2.45, 2.75) is 86.8 Å². The van der Waals surface area contributed by atoms with E-state index in [0.29, 0.717) is 64.8 Å². The summed E-state index contributed by atoms with van der Waals surface area (Å²) in [4.78, 5) is 80.1. The lowest BCUT2D eigenvalue weighted by Crippen LogP contribution is -2.52. The minimum atomic E-state index is -0.806. The van der Waals surface area contributed by atoms with Gasteiger partial charge in [-0.25, -0.2) is 0 Å². The third-order valence-corrected chi connectivity index (χ3v) is 12.3. The van der Waals surface area contributed by atoms with Crippen molar-refractivity contribution in [1.29, 1.82) is 0 Å². The van der Waals surface area contributed by atoms with Crippen LogP contribution in [0.1, 0.15) is 90.5 Å². The van der Waals surface area contributed by atoms with Gasteiger partial charge in [0.15, 0.2) is 0 Å². The van der Waals surface area contributed by atoms with Gasteiger partial charge in [-0.1, -0.05) is 168 Å². The van der Waals surface area contributed by atoms with Crippen LogP contribution in [0.2, 0.25) is 0 Å². The van der Waals surface area contributed by atoms with Crippen LogP contribution in [0.3, 0.4) is 0 Å². The number of ether oxygens (including phenoxy) is 1. The van der Waals surface area contributed by atoms with Crippen LogP contribution in [0.4, 0.5) is 0 Å². The molecule has 0 bridgehead atoms. The molecule has 370 valence electrons. The Labute approximate surface area is 417 Å². The van der Waals surface area contributed by atoms with Crippen LogP contribution in [-0.4, -0.2) is 87.1 Å².